The lowest BCUT2D eigenvalue weighted by Gasteiger charge is -2.05. The summed E-state index contributed by atoms with van der Waals surface area (Å²) in [5.74, 6) is 0. The predicted molar refractivity (Wildman–Crippen MR) is 155 cm³/mol. The van der Waals surface area contributed by atoms with Crippen LogP contribution in [-0.4, -0.2) is 24.4 Å². The smallest absolute Gasteiger partial charge is 0.266 e. The molecule has 0 radical (unpaired) electrons. The van der Waals surface area contributed by atoms with Crippen molar-refractivity contribution >= 4 is 22.4 Å². The minimum absolute atomic E-state index is 0.241. The van der Waals surface area contributed by atoms with E-state index in [1.165, 1.54) is 4.52 Å². The summed E-state index contributed by atoms with van der Waals surface area (Å²) in [6.07, 6.45) is 4.05. The summed E-state index contributed by atoms with van der Waals surface area (Å²) in [6.45, 7) is 6.10. The molecule has 0 spiro atoms. The van der Waals surface area contributed by atoms with Crippen molar-refractivity contribution in [1.29, 1.82) is 0 Å². The highest BCUT2D eigenvalue weighted by molar-refractivity contribution is 7.15. The number of para-hydroxylation sites is 1. The first-order chi connectivity index (χ1) is 18.9. The number of rotatable bonds is 5. The van der Waals surface area contributed by atoms with Crippen molar-refractivity contribution in [3.05, 3.63) is 138 Å². The molecule has 0 atom stereocenters. The van der Waals surface area contributed by atoms with Gasteiger partial charge in [-0.05, 0) is 56.2 Å². The normalized spacial score (nSPS) is 11.9. The number of thiazole rings is 1. The van der Waals surface area contributed by atoms with Gasteiger partial charge in [-0.3, -0.25) is 9.59 Å². The lowest BCUT2D eigenvalue weighted by atomic mass is 10.0. The lowest BCUT2D eigenvalue weighted by molar-refractivity contribution is 0.811. The summed E-state index contributed by atoms with van der Waals surface area (Å²) in [6, 6.07) is 24.0. The van der Waals surface area contributed by atoms with Crippen molar-refractivity contribution < 1.29 is 0 Å². The van der Waals surface area contributed by atoms with Crippen LogP contribution in [0.1, 0.15) is 33.5 Å². The molecular weight excluding hydrogens is 506 g/mol. The topological polar surface area (TPSA) is 82.2 Å². The maximum atomic E-state index is 13.4. The molecule has 0 N–H and O–H groups in total. The average Bonchev–Trinajstić information content (AvgIpc) is 3.48. The molecule has 0 aliphatic heterocycles. The zero-order valence-electron chi connectivity index (χ0n) is 21.8. The van der Waals surface area contributed by atoms with Gasteiger partial charge in [-0.1, -0.05) is 77.1 Å². The van der Waals surface area contributed by atoms with Crippen LogP contribution in [0.25, 0.3) is 28.0 Å². The van der Waals surface area contributed by atoms with E-state index in [-0.39, 0.29) is 16.2 Å². The fourth-order valence-corrected chi connectivity index (χ4v) is 5.39. The Morgan fingerprint density at radius 1 is 0.872 bits per heavy atom. The van der Waals surface area contributed by atoms with Crippen LogP contribution in [0, 0.1) is 20.8 Å². The molecule has 6 rings (SSSR count). The number of hydrogen-bond acceptors (Lipinski definition) is 6. The second-order valence-electron chi connectivity index (χ2n) is 9.67. The Hall–Kier alpha value is -4.69. The summed E-state index contributed by atoms with van der Waals surface area (Å²) in [4.78, 5) is 30.7. The molecule has 3 heterocycles. The van der Waals surface area contributed by atoms with E-state index in [1.54, 1.807) is 0 Å². The molecule has 3 aromatic carbocycles. The van der Waals surface area contributed by atoms with Crippen LogP contribution in [0.15, 0.2) is 88.6 Å². The molecule has 192 valence electrons. The van der Waals surface area contributed by atoms with Crippen LogP contribution in [0.5, 0.6) is 0 Å². The molecule has 0 saturated heterocycles. The van der Waals surface area contributed by atoms with Crippen molar-refractivity contribution in [2.24, 2.45) is 0 Å². The Bertz CT molecular complexity index is 2010. The van der Waals surface area contributed by atoms with Crippen LogP contribution in [-0.2, 0) is 6.42 Å². The molecule has 0 aliphatic rings. The van der Waals surface area contributed by atoms with Crippen LogP contribution in [0.4, 0.5) is 0 Å². The summed E-state index contributed by atoms with van der Waals surface area (Å²) in [5, 5.41) is 9.33. The van der Waals surface area contributed by atoms with Gasteiger partial charge in [0.15, 0.2) is 0 Å². The first-order valence-electron chi connectivity index (χ1n) is 12.6. The molecule has 0 bridgehead atoms. The third-order valence-corrected chi connectivity index (χ3v) is 7.60. The third kappa shape index (κ3) is 4.82. The van der Waals surface area contributed by atoms with Crippen LogP contribution >= 0.6 is 11.3 Å². The summed E-state index contributed by atoms with van der Waals surface area (Å²) in [5.41, 5.74) is 7.26. The number of benzene rings is 3. The third-order valence-electron chi connectivity index (χ3n) is 6.64. The van der Waals surface area contributed by atoms with E-state index in [9.17, 15) is 9.59 Å². The van der Waals surface area contributed by atoms with E-state index in [2.05, 4.69) is 28.3 Å². The van der Waals surface area contributed by atoms with Crippen molar-refractivity contribution in [3.8, 4) is 16.9 Å². The molecule has 8 heteroatoms. The fraction of sp³-hybridized carbons (Fsp3) is 0.129. The van der Waals surface area contributed by atoms with Gasteiger partial charge in [0.25, 0.3) is 11.1 Å². The van der Waals surface area contributed by atoms with Crippen molar-refractivity contribution in [1.82, 2.24) is 24.4 Å². The lowest BCUT2D eigenvalue weighted by Crippen LogP contribution is -2.28. The van der Waals surface area contributed by atoms with E-state index >= 15 is 0 Å². The first-order valence-corrected chi connectivity index (χ1v) is 13.4. The quantitative estimate of drug-likeness (QED) is 0.329. The SMILES string of the molecule is Cc1ccc(Cc2nn3c(=O)c(=Cc4cn(-c5ccccc5)nc4-c4cc(C)ccc4C)sc3nc2=O)cc1. The standard InChI is InChI=1S/C31H25N5O2S/c1-19-10-13-22(14-11-19)16-26-29(37)32-31-36(33-26)30(38)27(39-31)17-23-18-35(24-7-5-4-6-8-24)34-28(23)25-15-20(2)9-12-21(25)3/h4-15,17-18H,16H2,1-3H3. The van der Waals surface area contributed by atoms with E-state index in [4.69, 9.17) is 5.10 Å². The van der Waals surface area contributed by atoms with Crippen LogP contribution < -0.4 is 15.7 Å². The van der Waals surface area contributed by atoms with Crippen LogP contribution in [0.2, 0.25) is 0 Å². The summed E-state index contributed by atoms with van der Waals surface area (Å²) in [7, 11) is 0. The van der Waals surface area contributed by atoms with Crippen molar-refractivity contribution in [3.63, 3.8) is 0 Å². The van der Waals surface area contributed by atoms with Gasteiger partial charge in [0.2, 0.25) is 4.96 Å². The molecule has 39 heavy (non-hydrogen) atoms. The van der Waals surface area contributed by atoms with Crippen molar-refractivity contribution in [2.45, 2.75) is 27.2 Å². The highest BCUT2D eigenvalue weighted by Crippen LogP contribution is 2.28. The number of aromatic nitrogens is 5. The largest absolute Gasteiger partial charge is 0.296 e. The highest BCUT2D eigenvalue weighted by atomic mass is 32.1. The highest BCUT2D eigenvalue weighted by Gasteiger charge is 2.16. The van der Waals surface area contributed by atoms with Gasteiger partial charge in [-0.2, -0.15) is 19.7 Å². The zero-order chi connectivity index (χ0) is 27.1. The molecular formula is C31H25N5O2S. The fourth-order valence-electron chi connectivity index (χ4n) is 4.50. The van der Waals surface area contributed by atoms with Crippen LogP contribution in [0.3, 0.4) is 0 Å². The second-order valence-corrected chi connectivity index (χ2v) is 10.7. The molecule has 0 amide bonds. The average molecular weight is 532 g/mol. The van der Waals surface area contributed by atoms with Gasteiger partial charge in [0.05, 0.1) is 10.2 Å². The van der Waals surface area contributed by atoms with Gasteiger partial charge >= 0.3 is 0 Å². The van der Waals surface area contributed by atoms with E-state index in [0.717, 1.165) is 56.1 Å². The van der Waals surface area contributed by atoms with Gasteiger partial charge in [0.1, 0.15) is 11.4 Å². The Labute approximate surface area is 228 Å². The molecule has 3 aromatic heterocycles. The minimum Gasteiger partial charge on any atom is -0.266 e. The summed E-state index contributed by atoms with van der Waals surface area (Å²) >= 11 is 1.15. The predicted octanol–water partition coefficient (Wildman–Crippen LogP) is 4.43. The Balaban J connectivity index is 1.50. The first kappa shape index (κ1) is 24.6. The van der Waals surface area contributed by atoms with Gasteiger partial charge in [0, 0.05) is 23.7 Å². The van der Waals surface area contributed by atoms with Crippen molar-refractivity contribution in [2.75, 3.05) is 0 Å². The molecule has 6 aromatic rings. The Morgan fingerprint density at radius 2 is 1.62 bits per heavy atom. The molecule has 7 nitrogen and oxygen atoms in total. The molecule has 0 saturated carbocycles. The number of hydrogen-bond donors (Lipinski definition) is 0. The zero-order valence-corrected chi connectivity index (χ0v) is 22.6. The maximum absolute atomic E-state index is 13.4. The maximum Gasteiger partial charge on any atom is 0.296 e. The number of fused-ring (bicyclic) bond motifs is 1. The molecule has 0 fully saturated rings. The molecule has 0 unspecified atom stereocenters. The van der Waals surface area contributed by atoms with Gasteiger partial charge in [-0.15, -0.1) is 0 Å². The van der Waals surface area contributed by atoms with E-state index in [1.807, 2.05) is 92.3 Å². The minimum atomic E-state index is -0.420. The van der Waals surface area contributed by atoms with E-state index < -0.39 is 5.56 Å². The monoisotopic (exact) mass is 531 g/mol. The number of aryl methyl sites for hydroxylation is 3. The number of nitrogens with zero attached hydrogens (tertiary/aromatic N) is 5. The summed E-state index contributed by atoms with van der Waals surface area (Å²) < 4.78 is 3.49. The van der Waals surface area contributed by atoms with E-state index in [0.29, 0.717) is 11.0 Å². The molecule has 0 aliphatic carbocycles. The Kier molecular flexibility index (Phi) is 6.24. The van der Waals surface area contributed by atoms with Gasteiger partial charge < -0.3 is 0 Å². The van der Waals surface area contributed by atoms with Gasteiger partial charge in [-0.25, -0.2) is 4.68 Å². The Morgan fingerprint density at radius 3 is 2.38 bits per heavy atom. The second kappa shape index (κ2) is 9.89.